The van der Waals surface area contributed by atoms with Crippen LogP contribution < -0.4 is 16.0 Å². The van der Waals surface area contributed by atoms with Gasteiger partial charge in [-0.25, -0.2) is 0 Å². The van der Waals surface area contributed by atoms with Gasteiger partial charge in [0.25, 0.3) is 5.91 Å². The van der Waals surface area contributed by atoms with Crippen molar-refractivity contribution in [3.8, 4) is 0 Å². The Morgan fingerprint density at radius 2 is 2.16 bits per heavy atom. The highest BCUT2D eigenvalue weighted by atomic mass is 16.2. The Hall–Kier alpha value is -2.51. The summed E-state index contributed by atoms with van der Waals surface area (Å²) in [7, 11) is 1.69. The van der Waals surface area contributed by atoms with Crippen LogP contribution >= 0.6 is 0 Å². The van der Waals surface area contributed by atoms with Crippen LogP contribution in [0.5, 0.6) is 0 Å². The molecular weight excluding hydrogens is 250 g/mol. The van der Waals surface area contributed by atoms with E-state index in [-0.39, 0.29) is 18.0 Å². The van der Waals surface area contributed by atoms with Crippen LogP contribution in [0.15, 0.2) is 12.1 Å². The fourth-order valence-electron chi connectivity index (χ4n) is 1.65. The van der Waals surface area contributed by atoms with E-state index in [2.05, 4.69) is 26.1 Å². The van der Waals surface area contributed by atoms with Crippen LogP contribution in [0.3, 0.4) is 0 Å². The van der Waals surface area contributed by atoms with Crippen LogP contribution in [0.25, 0.3) is 0 Å². The second-order valence-corrected chi connectivity index (χ2v) is 4.03. The molecule has 19 heavy (non-hydrogen) atoms. The molecule has 1 atom stereocenters. The second-order valence-electron chi connectivity index (χ2n) is 4.03. The molecule has 8 nitrogen and oxygen atoms in total. The summed E-state index contributed by atoms with van der Waals surface area (Å²) in [6.07, 6.45) is 0.499. The molecule has 2 rings (SSSR count). The van der Waals surface area contributed by atoms with Gasteiger partial charge in [-0.05, 0) is 18.6 Å². The summed E-state index contributed by atoms with van der Waals surface area (Å²) in [6, 6.07) is 2.39. The van der Waals surface area contributed by atoms with Crippen molar-refractivity contribution in [3.05, 3.63) is 17.8 Å². The van der Waals surface area contributed by atoms with E-state index >= 15 is 0 Å². The molecule has 1 aliphatic heterocycles. The zero-order valence-electron chi connectivity index (χ0n) is 10.3. The SMILES string of the molecule is CNc1ccc(C(=O)NC2CCC(=O)NC2=O)nn1. The van der Waals surface area contributed by atoms with Crippen LogP contribution in [0, 0.1) is 0 Å². The molecule has 1 aromatic heterocycles. The van der Waals surface area contributed by atoms with Gasteiger partial charge in [0.05, 0.1) is 0 Å². The van der Waals surface area contributed by atoms with Crippen molar-refractivity contribution in [1.82, 2.24) is 20.8 Å². The van der Waals surface area contributed by atoms with E-state index < -0.39 is 17.9 Å². The lowest BCUT2D eigenvalue weighted by Gasteiger charge is -2.21. The zero-order chi connectivity index (χ0) is 13.8. The lowest BCUT2D eigenvalue weighted by atomic mass is 10.1. The fourth-order valence-corrected chi connectivity index (χ4v) is 1.65. The number of hydrogen-bond donors (Lipinski definition) is 3. The summed E-state index contributed by atoms with van der Waals surface area (Å²) in [5.74, 6) is -0.778. The number of aromatic nitrogens is 2. The van der Waals surface area contributed by atoms with Gasteiger partial charge in [-0.1, -0.05) is 0 Å². The molecule has 0 radical (unpaired) electrons. The molecule has 0 spiro atoms. The standard InChI is InChI=1S/C11H13N5O3/c1-12-8-4-2-7(15-16-8)11(19)13-6-3-5-9(17)14-10(6)18/h2,4,6H,3,5H2,1H3,(H,12,16)(H,13,19)(H,14,17,18). The van der Waals surface area contributed by atoms with Crippen molar-refractivity contribution in [2.24, 2.45) is 0 Å². The predicted molar refractivity (Wildman–Crippen MR) is 65.2 cm³/mol. The Labute approximate surface area is 109 Å². The minimum Gasteiger partial charge on any atom is -0.372 e. The van der Waals surface area contributed by atoms with Gasteiger partial charge in [-0.3, -0.25) is 19.7 Å². The second kappa shape index (κ2) is 5.42. The molecule has 0 aliphatic carbocycles. The van der Waals surface area contributed by atoms with Gasteiger partial charge in [-0.2, -0.15) is 0 Å². The Morgan fingerprint density at radius 3 is 2.74 bits per heavy atom. The number of imide groups is 1. The van der Waals surface area contributed by atoms with Gasteiger partial charge in [0.2, 0.25) is 11.8 Å². The molecule has 0 aromatic carbocycles. The lowest BCUT2D eigenvalue weighted by molar-refractivity contribution is -0.134. The molecule has 0 saturated carbocycles. The van der Waals surface area contributed by atoms with Crippen LogP contribution in [-0.2, 0) is 9.59 Å². The Balaban J connectivity index is 2.00. The first kappa shape index (κ1) is 12.9. The molecule has 1 unspecified atom stereocenters. The van der Waals surface area contributed by atoms with Crippen LogP contribution in [0.2, 0.25) is 0 Å². The predicted octanol–water partition coefficient (Wildman–Crippen LogP) is -0.947. The number of nitrogens with one attached hydrogen (secondary N) is 3. The average molecular weight is 263 g/mol. The highest BCUT2D eigenvalue weighted by molar-refractivity contribution is 6.03. The number of anilines is 1. The minimum absolute atomic E-state index is 0.115. The third-order valence-electron chi connectivity index (χ3n) is 2.70. The quantitative estimate of drug-likeness (QED) is 0.606. The van der Waals surface area contributed by atoms with Crippen molar-refractivity contribution < 1.29 is 14.4 Å². The monoisotopic (exact) mass is 263 g/mol. The number of rotatable bonds is 3. The minimum atomic E-state index is -0.712. The lowest BCUT2D eigenvalue weighted by Crippen LogP contribution is -2.52. The molecule has 8 heteroatoms. The van der Waals surface area contributed by atoms with Crippen LogP contribution in [0.4, 0.5) is 5.82 Å². The van der Waals surface area contributed by atoms with Gasteiger partial charge in [-0.15, -0.1) is 10.2 Å². The smallest absolute Gasteiger partial charge is 0.272 e. The van der Waals surface area contributed by atoms with Crippen molar-refractivity contribution >= 4 is 23.5 Å². The molecule has 1 saturated heterocycles. The zero-order valence-corrected chi connectivity index (χ0v) is 10.3. The van der Waals surface area contributed by atoms with Crippen molar-refractivity contribution in [2.75, 3.05) is 12.4 Å². The Morgan fingerprint density at radius 1 is 1.37 bits per heavy atom. The summed E-state index contributed by atoms with van der Waals surface area (Å²) < 4.78 is 0. The molecule has 1 aliphatic rings. The van der Waals surface area contributed by atoms with E-state index in [1.807, 2.05) is 0 Å². The van der Waals surface area contributed by atoms with Gasteiger partial charge in [0.15, 0.2) is 5.69 Å². The van der Waals surface area contributed by atoms with E-state index in [9.17, 15) is 14.4 Å². The summed E-state index contributed by atoms with van der Waals surface area (Å²) in [6.45, 7) is 0. The normalized spacial score (nSPS) is 18.7. The first-order valence-corrected chi connectivity index (χ1v) is 5.76. The van der Waals surface area contributed by atoms with Gasteiger partial charge < -0.3 is 10.6 Å². The van der Waals surface area contributed by atoms with E-state index in [1.54, 1.807) is 13.1 Å². The number of nitrogens with zero attached hydrogens (tertiary/aromatic N) is 2. The van der Waals surface area contributed by atoms with Crippen molar-refractivity contribution in [2.45, 2.75) is 18.9 Å². The van der Waals surface area contributed by atoms with Gasteiger partial charge >= 0.3 is 0 Å². The Bertz CT molecular complexity index is 514. The molecule has 0 bridgehead atoms. The summed E-state index contributed by atoms with van der Waals surface area (Å²) in [4.78, 5) is 34.3. The molecule has 100 valence electrons. The van der Waals surface area contributed by atoms with Gasteiger partial charge in [0, 0.05) is 13.5 Å². The maximum Gasteiger partial charge on any atom is 0.272 e. The fraction of sp³-hybridized carbons (Fsp3) is 0.364. The van der Waals surface area contributed by atoms with Crippen LogP contribution in [-0.4, -0.2) is 41.0 Å². The number of piperidine rings is 1. The molecule has 3 N–H and O–H groups in total. The maximum atomic E-state index is 11.8. The molecule has 1 fully saturated rings. The first-order valence-electron chi connectivity index (χ1n) is 5.76. The van der Waals surface area contributed by atoms with E-state index in [0.29, 0.717) is 12.2 Å². The highest BCUT2D eigenvalue weighted by Gasteiger charge is 2.28. The van der Waals surface area contributed by atoms with E-state index in [4.69, 9.17) is 0 Å². The third kappa shape index (κ3) is 3.03. The van der Waals surface area contributed by atoms with Gasteiger partial charge in [0.1, 0.15) is 11.9 Å². The molecule has 1 aromatic rings. The largest absolute Gasteiger partial charge is 0.372 e. The topological polar surface area (TPSA) is 113 Å². The van der Waals surface area contributed by atoms with E-state index in [0.717, 1.165) is 0 Å². The summed E-state index contributed by atoms with van der Waals surface area (Å²) in [5, 5.41) is 15.0. The number of carbonyl (C=O) groups excluding carboxylic acids is 3. The molecular formula is C11H13N5O3. The summed E-state index contributed by atoms with van der Waals surface area (Å²) >= 11 is 0. The molecule has 2 heterocycles. The molecule has 3 amide bonds. The average Bonchev–Trinajstić information content (AvgIpc) is 2.42. The van der Waals surface area contributed by atoms with Crippen molar-refractivity contribution in [3.63, 3.8) is 0 Å². The number of amides is 3. The summed E-state index contributed by atoms with van der Waals surface area (Å²) in [5.41, 5.74) is 0.115. The van der Waals surface area contributed by atoms with E-state index in [1.165, 1.54) is 6.07 Å². The third-order valence-corrected chi connectivity index (χ3v) is 2.70. The van der Waals surface area contributed by atoms with Crippen LogP contribution in [0.1, 0.15) is 23.3 Å². The maximum absolute atomic E-state index is 11.8. The Kier molecular flexibility index (Phi) is 3.69. The first-order chi connectivity index (χ1) is 9.10. The number of hydrogen-bond acceptors (Lipinski definition) is 6. The number of carbonyl (C=O) groups is 3. The highest BCUT2D eigenvalue weighted by Crippen LogP contribution is 2.06. The van der Waals surface area contributed by atoms with Crippen molar-refractivity contribution in [1.29, 1.82) is 0 Å².